The van der Waals surface area contributed by atoms with Crippen molar-refractivity contribution in [3.63, 3.8) is 0 Å². The van der Waals surface area contributed by atoms with Gasteiger partial charge in [-0.05, 0) is 110 Å². The molecule has 33 heavy (non-hydrogen) atoms. The van der Waals surface area contributed by atoms with Gasteiger partial charge in [0.1, 0.15) is 0 Å². The molecule has 0 aromatic rings. The number of aliphatic hydroxyl groups is 1. The van der Waals surface area contributed by atoms with E-state index in [2.05, 4.69) is 47.6 Å². The summed E-state index contributed by atoms with van der Waals surface area (Å²) in [5.74, 6) is 1.75. The standard InChI is InChI=1S/C30H48O3/c1-19(9-8-10-20(2)26(32)33)21-13-17-30(7)23-11-12-24-27(3,4)25(31)15-16-28(24,5)22(23)14-18-29(21,30)6/h10-11,19,21-22,24-25,31H,8-9,12-18H2,1-7H3,(H,32,33)/b20-10+/t19-,21-,22?,24?,25+,28+,29-,30+/m0/s1. The van der Waals surface area contributed by atoms with Crippen LogP contribution in [0.3, 0.4) is 0 Å². The van der Waals surface area contributed by atoms with E-state index in [0.717, 1.165) is 32.1 Å². The summed E-state index contributed by atoms with van der Waals surface area (Å²) in [6.45, 7) is 16.5. The number of allylic oxidation sites excluding steroid dienone is 3. The van der Waals surface area contributed by atoms with Crippen molar-refractivity contribution in [2.24, 2.45) is 45.3 Å². The van der Waals surface area contributed by atoms with E-state index in [1.165, 1.54) is 25.7 Å². The van der Waals surface area contributed by atoms with Crippen molar-refractivity contribution in [3.05, 3.63) is 23.3 Å². The summed E-state index contributed by atoms with van der Waals surface area (Å²) in [4.78, 5) is 11.1. The molecular weight excluding hydrogens is 408 g/mol. The first-order valence-electron chi connectivity index (χ1n) is 13.6. The third kappa shape index (κ3) is 3.58. The Bertz CT molecular complexity index is 853. The minimum atomic E-state index is -0.796. The predicted octanol–water partition coefficient (Wildman–Crippen LogP) is 7.40. The fourth-order valence-electron chi connectivity index (χ4n) is 9.50. The Morgan fingerprint density at radius 1 is 1.12 bits per heavy atom. The number of aliphatic hydroxyl groups excluding tert-OH is 1. The Morgan fingerprint density at radius 2 is 1.82 bits per heavy atom. The summed E-state index contributed by atoms with van der Waals surface area (Å²) in [7, 11) is 0. The lowest BCUT2D eigenvalue weighted by atomic mass is 9.41. The zero-order valence-electron chi connectivity index (χ0n) is 22.2. The number of fused-ring (bicyclic) bond motifs is 5. The van der Waals surface area contributed by atoms with E-state index in [9.17, 15) is 9.90 Å². The Kier molecular flexibility index (Phi) is 6.25. The first-order valence-corrected chi connectivity index (χ1v) is 13.6. The van der Waals surface area contributed by atoms with E-state index < -0.39 is 5.97 Å². The molecule has 2 unspecified atom stereocenters. The van der Waals surface area contributed by atoms with Gasteiger partial charge in [0.05, 0.1) is 6.10 Å². The van der Waals surface area contributed by atoms with Gasteiger partial charge in [-0.15, -0.1) is 0 Å². The van der Waals surface area contributed by atoms with E-state index in [1.807, 2.05) is 6.08 Å². The van der Waals surface area contributed by atoms with Crippen LogP contribution in [0.5, 0.6) is 0 Å². The highest BCUT2D eigenvalue weighted by atomic mass is 16.4. The van der Waals surface area contributed by atoms with Gasteiger partial charge in [-0.1, -0.05) is 59.3 Å². The predicted molar refractivity (Wildman–Crippen MR) is 135 cm³/mol. The maximum absolute atomic E-state index is 11.1. The largest absolute Gasteiger partial charge is 0.478 e. The molecule has 3 heteroatoms. The minimum absolute atomic E-state index is 0.00892. The zero-order valence-corrected chi connectivity index (χ0v) is 22.2. The van der Waals surface area contributed by atoms with Crippen LogP contribution in [0.2, 0.25) is 0 Å². The van der Waals surface area contributed by atoms with Crippen LogP contribution in [0.4, 0.5) is 0 Å². The van der Waals surface area contributed by atoms with Gasteiger partial charge >= 0.3 is 5.97 Å². The van der Waals surface area contributed by atoms with Gasteiger partial charge in [-0.25, -0.2) is 4.79 Å². The summed E-state index contributed by atoms with van der Waals surface area (Å²) < 4.78 is 0. The normalized spacial score (nSPS) is 45.5. The van der Waals surface area contributed by atoms with Gasteiger partial charge in [-0.2, -0.15) is 0 Å². The Morgan fingerprint density at radius 3 is 2.48 bits per heavy atom. The van der Waals surface area contributed by atoms with E-state index in [0.29, 0.717) is 40.1 Å². The van der Waals surface area contributed by atoms with Gasteiger partial charge in [0.2, 0.25) is 0 Å². The van der Waals surface area contributed by atoms with Crippen molar-refractivity contribution in [1.82, 2.24) is 0 Å². The summed E-state index contributed by atoms with van der Waals surface area (Å²) in [5.41, 5.74) is 3.13. The van der Waals surface area contributed by atoms with Crippen LogP contribution in [-0.2, 0) is 4.79 Å². The molecule has 2 N–H and O–H groups in total. The first kappa shape index (κ1) is 25.0. The summed E-state index contributed by atoms with van der Waals surface area (Å²) in [6, 6.07) is 0. The maximum Gasteiger partial charge on any atom is 0.330 e. The third-order valence-corrected chi connectivity index (χ3v) is 12.0. The van der Waals surface area contributed by atoms with E-state index in [1.54, 1.807) is 12.5 Å². The molecule has 0 heterocycles. The highest BCUT2D eigenvalue weighted by Crippen LogP contribution is 2.73. The van der Waals surface area contributed by atoms with E-state index >= 15 is 0 Å². The van der Waals surface area contributed by atoms with Crippen molar-refractivity contribution in [1.29, 1.82) is 0 Å². The molecular formula is C30H48O3. The summed E-state index contributed by atoms with van der Waals surface area (Å²) in [6.07, 6.45) is 14.7. The number of carboxylic acid groups (broad SMARTS) is 1. The molecule has 0 radical (unpaired) electrons. The second kappa shape index (κ2) is 8.25. The number of aliphatic carboxylic acids is 1. The molecule has 3 fully saturated rings. The molecule has 4 aliphatic rings. The highest BCUT2D eigenvalue weighted by molar-refractivity contribution is 5.85. The van der Waals surface area contributed by atoms with E-state index in [4.69, 9.17) is 5.11 Å². The number of rotatable bonds is 5. The highest BCUT2D eigenvalue weighted by Gasteiger charge is 2.65. The monoisotopic (exact) mass is 456 g/mol. The zero-order chi connectivity index (χ0) is 24.4. The second-order valence-electron chi connectivity index (χ2n) is 13.6. The average molecular weight is 457 g/mol. The molecule has 0 aliphatic heterocycles. The lowest BCUT2D eigenvalue weighted by Gasteiger charge is -2.64. The van der Waals surface area contributed by atoms with Crippen LogP contribution in [0.15, 0.2) is 23.3 Å². The lowest BCUT2D eigenvalue weighted by molar-refractivity contribution is -0.132. The van der Waals surface area contributed by atoms with Gasteiger partial charge in [-0.3, -0.25) is 0 Å². The topological polar surface area (TPSA) is 57.5 Å². The molecule has 0 amide bonds. The molecule has 0 bridgehead atoms. The fraction of sp³-hybridized carbons (Fsp3) is 0.833. The number of carbonyl (C=O) groups is 1. The van der Waals surface area contributed by atoms with E-state index in [-0.39, 0.29) is 16.9 Å². The van der Waals surface area contributed by atoms with Crippen LogP contribution in [0, 0.1) is 45.3 Å². The van der Waals surface area contributed by atoms with Crippen LogP contribution >= 0.6 is 0 Å². The molecule has 186 valence electrons. The van der Waals surface area contributed by atoms with Gasteiger partial charge in [0.25, 0.3) is 0 Å². The van der Waals surface area contributed by atoms with Gasteiger partial charge in [0.15, 0.2) is 0 Å². The number of hydrogen-bond acceptors (Lipinski definition) is 2. The van der Waals surface area contributed by atoms with Crippen molar-refractivity contribution >= 4 is 5.97 Å². The SMILES string of the molecule is C/C(=C\CC[C@H](C)[C@@H]1CC[C@]2(C)C3=CCC4C(C)(C)[C@H](O)CC[C@]4(C)C3CC[C@@]12C)C(=O)O. The number of carboxylic acids is 1. The lowest BCUT2D eigenvalue weighted by Crippen LogP contribution is -2.58. The van der Waals surface area contributed by atoms with Crippen molar-refractivity contribution in [2.75, 3.05) is 0 Å². The van der Waals surface area contributed by atoms with Crippen molar-refractivity contribution in [2.45, 2.75) is 112 Å². The molecule has 0 aromatic heterocycles. The number of hydrogen-bond donors (Lipinski definition) is 2. The van der Waals surface area contributed by atoms with Crippen molar-refractivity contribution < 1.29 is 15.0 Å². The molecule has 0 aromatic carbocycles. The molecule has 0 spiro atoms. The van der Waals surface area contributed by atoms with Crippen LogP contribution in [0.1, 0.15) is 106 Å². The van der Waals surface area contributed by atoms with Gasteiger partial charge < -0.3 is 10.2 Å². The first-order chi connectivity index (χ1) is 15.3. The molecule has 4 aliphatic carbocycles. The molecule has 3 nitrogen and oxygen atoms in total. The molecule has 3 saturated carbocycles. The smallest absolute Gasteiger partial charge is 0.330 e. The third-order valence-electron chi connectivity index (χ3n) is 12.0. The quantitative estimate of drug-likeness (QED) is 0.335. The molecule has 4 rings (SSSR count). The molecule has 0 saturated heterocycles. The Balaban J connectivity index is 1.58. The van der Waals surface area contributed by atoms with Gasteiger partial charge in [0, 0.05) is 5.57 Å². The Labute approximate surface area is 202 Å². The molecule has 8 atom stereocenters. The van der Waals surface area contributed by atoms with Crippen LogP contribution in [-0.4, -0.2) is 22.3 Å². The van der Waals surface area contributed by atoms with Crippen LogP contribution < -0.4 is 0 Å². The minimum Gasteiger partial charge on any atom is -0.478 e. The Hall–Kier alpha value is -1.09. The maximum atomic E-state index is 11.1. The van der Waals surface area contributed by atoms with Crippen molar-refractivity contribution in [3.8, 4) is 0 Å². The average Bonchev–Trinajstić information content (AvgIpc) is 3.02. The second-order valence-corrected chi connectivity index (χ2v) is 13.6. The fourth-order valence-corrected chi connectivity index (χ4v) is 9.50. The summed E-state index contributed by atoms with van der Waals surface area (Å²) >= 11 is 0. The summed E-state index contributed by atoms with van der Waals surface area (Å²) in [5, 5.41) is 20.0. The van der Waals surface area contributed by atoms with Crippen LogP contribution in [0.25, 0.3) is 0 Å².